The van der Waals surface area contributed by atoms with E-state index in [9.17, 15) is 4.79 Å². The van der Waals surface area contributed by atoms with Crippen LogP contribution in [0.15, 0.2) is 54.6 Å². The van der Waals surface area contributed by atoms with Gasteiger partial charge in [-0.05, 0) is 62.8 Å². The maximum atomic E-state index is 12.7. The molecular formula is C22H26N2O2. The lowest BCUT2D eigenvalue weighted by molar-refractivity contribution is -0.118. The fraction of sp³-hybridized carbons (Fsp3) is 0.409. The Balaban J connectivity index is 1.42. The van der Waals surface area contributed by atoms with Crippen molar-refractivity contribution in [2.45, 2.75) is 44.7 Å². The highest BCUT2D eigenvalue weighted by atomic mass is 16.5. The van der Waals surface area contributed by atoms with Crippen LogP contribution in [-0.2, 0) is 4.79 Å². The largest absolute Gasteiger partial charge is 0.455 e. The summed E-state index contributed by atoms with van der Waals surface area (Å²) in [5.41, 5.74) is 0.719. The van der Waals surface area contributed by atoms with E-state index in [4.69, 9.17) is 4.74 Å². The molecule has 1 amide bonds. The molecule has 136 valence electrons. The van der Waals surface area contributed by atoms with Crippen molar-refractivity contribution in [1.29, 1.82) is 0 Å². The average Bonchev–Trinajstić information content (AvgIpc) is 3.55. The normalized spacial score (nSPS) is 17.8. The predicted octanol–water partition coefficient (Wildman–Crippen LogP) is 4.68. The second-order valence-corrected chi connectivity index (χ2v) is 7.44. The Morgan fingerprint density at radius 3 is 2.46 bits per heavy atom. The summed E-state index contributed by atoms with van der Waals surface area (Å²) in [6, 6.07) is 18.3. The lowest BCUT2D eigenvalue weighted by atomic mass is 10.1. The van der Waals surface area contributed by atoms with Crippen LogP contribution in [0.2, 0.25) is 0 Å². The Labute approximate surface area is 155 Å². The zero-order valence-electron chi connectivity index (χ0n) is 15.2. The van der Waals surface area contributed by atoms with E-state index in [0.717, 1.165) is 17.4 Å². The summed E-state index contributed by atoms with van der Waals surface area (Å²) in [5.74, 6) is 2.24. The van der Waals surface area contributed by atoms with E-state index in [2.05, 4.69) is 17.1 Å². The van der Waals surface area contributed by atoms with Gasteiger partial charge in [0.25, 0.3) is 0 Å². The lowest BCUT2D eigenvalue weighted by Crippen LogP contribution is -2.42. The van der Waals surface area contributed by atoms with Gasteiger partial charge in [0.15, 0.2) is 5.75 Å². The van der Waals surface area contributed by atoms with E-state index in [1.54, 1.807) is 0 Å². The van der Waals surface area contributed by atoms with Gasteiger partial charge < -0.3 is 10.1 Å². The number of nitrogens with one attached hydrogen (secondary N) is 1. The standard InChI is InChI=1S/C22H26N2O2/c1-16(17-11-12-17)24(18-13-14-18)15-22(25)23-20-9-5-6-10-21(20)26-19-7-3-2-4-8-19/h2-10,16-18H,11-15H2,1H3,(H,23,25). The number of hydrogen-bond donors (Lipinski definition) is 1. The summed E-state index contributed by atoms with van der Waals surface area (Å²) in [6.07, 6.45) is 5.05. The van der Waals surface area contributed by atoms with Gasteiger partial charge in [0.05, 0.1) is 12.2 Å². The van der Waals surface area contributed by atoms with Crippen molar-refractivity contribution in [1.82, 2.24) is 4.90 Å². The molecule has 2 fully saturated rings. The topological polar surface area (TPSA) is 41.6 Å². The van der Waals surface area contributed by atoms with Crippen LogP contribution in [0.1, 0.15) is 32.6 Å². The summed E-state index contributed by atoms with van der Waals surface area (Å²) in [6.45, 7) is 2.73. The molecule has 2 aliphatic carbocycles. The van der Waals surface area contributed by atoms with Gasteiger partial charge in [-0.15, -0.1) is 0 Å². The van der Waals surface area contributed by atoms with E-state index >= 15 is 0 Å². The van der Waals surface area contributed by atoms with Gasteiger partial charge in [0.2, 0.25) is 5.91 Å². The monoisotopic (exact) mass is 350 g/mol. The van der Waals surface area contributed by atoms with Gasteiger partial charge in [-0.2, -0.15) is 0 Å². The number of ether oxygens (including phenoxy) is 1. The Morgan fingerprint density at radius 2 is 1.77 bits per heavy atom. The van der Waals surface area contributed by atoms with Crippen LogP contribution in [0.5, 0.6) is 11.5 Å². The molecule has 1 atom stereocenters. The minimum Gasteiger partial charge on any atom is -0.455 e. The van der Waals surface area contributed by atoms with E-state index in [0.29, 0.717) is 24.4 Å². The SMILES string of the molecule is CC(C1CC1)N(CC(=O)Nc1ccccc1Oc1ccccc1)C1CC1. The molecule has 4 nitrogen and oxygen atoms in total. The third-order valence-electron chi connectivity index (χ3n) is 5.30. The van der Waals surface area contributed by atoms with Crippen molar-refractivity contribution < 1.29 is 9.53 Å². The molecule has 4 rings (SSSR count). The molecule has 0 heterocycles. The zero-order valence-corrected chi connectivity index (χ0v) is 15.2. The quantitative estimate of drug-likeness (QED) is 0.751. The second kappa shape index (κ2) is 7.50. The molecule has 4 heteroatoms. The van der Waals surface area contributed by atoms with Crippen molar-refractivity contribution in [3.63, 3.8) is 0 Å². The summed E-state index contributed by atoms with van der Waals surface area (Å²) >= 11 is 0. The number of rotatable bonds is 8. The van der Waals surface area contributed by atoms with Crippen molar-refractivity contribution in [3.05, 3.63) is 54.6 Å². The van der Waals surface area contributed by atoms with Gasteiger partial charge in [-0.3, -0.25) is 9.69 Å². The number of benzene rings is 2. The first-order chi connectivity index (χ1) is 12.7. The van der Waals surface area contributed by atoms with Crippen LogP contribution in [0.25, 0.3) is 0 Å². The van der Waals surface area contributed by atoms with Crippen molar-refractivity contribution >= 4 is 11.6 Å². The molecule has 0 aliphatic heterocycles. The first-order valence-electron chi connectivity index (χ1n) is 9.58. The molecule has 1 unspecified atom stereocenters. The zero-order chi connectivity index (χ0) is 17.9. The summed E-state index contributed by atoms with van der Waals surface area (Å²) < 4.78 is 5.94. The Bertz CT molecular complexity index is 754. The number of carbonyl (C=O) groups is 1. The molecule has 2 aliphatic rings. The third-order valence-corrected chi connectivity index (χ3v) is 5.30. The summed E-state index contributed by atoms with van der Waals surface area (Å²) in [7, 11) is 0. The maximum absolute atomic E-state index is 12.7. The van der Waals surface area contributed by atoms with E-state index < -0.39 is 0 Å². The van der Waals surface area contributed by atoms with Crippen LogP contribution < -0.4 is 10.1 Å². The predicted molar refractivity (Wildman–Crippen MR) is 104 cm³/mol. The van der Waals surface area contributed by atoms with E-state index in [-0.39, 0.29) is 5.91 Å². The fourth-order valence-electron chi connectivity index (χ4n) is 3.49. The van der Waals surface area contributed by atoms with Crippen LogP contribution in [-0.4, -0.2) is 29.4 Å². The molecule has 0 spiro atoms. The molecule has 0 aromatic heterocycles. The van der Waals surface area contributed by atoms with Crippen LogP contribution in [0.3, 0.4) is 0 Å². The van der Waals surface area contributed by atoms with Crippen LogP contribution >= 0.6 is 0 Å². The lowest BCUT2D eigenvalue weighted by Gasteiger charge is -2.28. The number of nitrogens with zero attached hydrogens (tertiary/aromatic N) is 1. The minimum atomic E-state index is 0.0357. The highest BCUT2D eigenvalue weighted by Crippen LogP contribution is 2.39. The number of para-hydroxylation sites is 3. The molecule has 2 saturated carbocycles. The first kappa shape index (κ1) is 17.1. The molecule has 2 aromatic carbocycles. The molecule has 2 aromatic rings. The maximum Gasteiger partial charge on any atom is 0.238 e. The van der Waals surface area contributed by atoms with Gasteiger partial charge in [0.1, 0.15) is 5.75 Å². The molecule has 0 radical (unpaired) electrons. The van der Waals surface area contributed by atoms with Crippen LogP contribution in [0.4, 0.5) is 5.69 Å². The van der Waals surface area contributed by atoms with Gasteiger partial charge in [-0.25, -0.2) is 0 Å². The average molecular weight is 350 g/mol. The van der Waals surface area contributed by atoms with Gasteiger partial charge in [-0.1, -0.05) is 30.3 Å². The van der Waals surface area contributed by atoms with Crippen molar-refractivity contribution in [3.8, 4) is 11.5 Å². The van der Waals surface area contributed by atoms with Crippen molar-refractivity contribution in [2.75, 3.05) is 11.9 Å². The van der Waals surface area contributed by atoms with Crippen molar-refractivity contribution in [2.24, 2.45) is 5.92 Å². The molecular weight excluding hydrogens is 324 g/mol. The first-order valence-corrected chi connectivity index (χ1v) is 9.58. The highest BCUT2D eigenvalue weighted by Gasteiger charge is 2.39. The third kappa shape index (κ3) is 4.25. The Hall–Kier alpha value is -2.33. The molecule has 0 saturated heterocycles. The highest BCUT2D eigenvalue weighted by molar-refractivity contribution is 5.93. The van der Waals surface area contributed by atoms with Gasteiger partial charge in [0, 0.05) is 12.1 Å². The number of amides is 1. The Kier molecular flexibility index (Phi) is 4.93. The van der Waals surface area contributed by atoms with E-state index in [1.165, 1.54) is 25.7 Å². The fourth-order valence-corrected chi connectivity index (χ4v) is 3.49. The smallest absolute Gasteiger partial charge is 0.238 e. The van der Waals surface area contributed by atoms with Crippen LogP contribution in [0, 0.1) is 5.92 Å². The van der Waals surface area contributed by atoms with E-state index in [1.807, 2.05) is 54.6 Å². The molecule has 0 bridgehead atoms. The number of hydrogen-bond acceptors (Lipinski definition) is 3. The minimum absolute atomic E-state index is 0.0357. The molecule has 26 heavy (non-hydrogen) atoms. The summed E-state index contributed by atoms with van der Waals surface area (Å²) in [4.78, 5) is 15.1. The Morgan fingerprint density at radius 1 is 1.08 bits per heavy atom. The number of anilines is 1. The number of carbonyl (C=O) groups excluding carboxylic acids is 1. The second-order valence-electron chi connectivity index (χ2n) is 7.44. The summed E-state index contributed by atoms with van der Waals surface area (Å²) in [5, 5.41) is 3.05. The van der Waals surface area contributed by atoms with Gasteiger partial charge >= 0.3 is 0 Å². The molecule has 1 N–H and O–H groups in total.